The van der Waals surface area contributed by atoms with E-state index in [2.05, 4.69) is 14.8 Å². The third-order valence-corrected chi connectivity index (χ3v) is 5.68. The number of nitrogens with one attached hydrogen (secondary N) is 2. The average Bonchev–Trinajstić information content (AvgIpc) is 2.62. The van der Waals surface area contributed by atoms with Gasteiger partial charge in [-0.05, 0) is 58.0 Å². The lowest BCUT2D eigenvalue weighted by Crippen LogP contribution is -2.40. The Kier molecular flexibility index (Phi) is 7.04. The van der Waals surface area contributed by atoms with Gasteiger partial charge in [0.1, 0.15) is 16.4 Å². The maximum Gasteiger partial charge on any atom is 0.387 e. The minimum Gasteiger partial charge on any atom is -0.495 e. The third-order valence-electron chi connectivity index (χ3n) is 3.90. The number of alkyl halides is 2. The predicted molar refractivity (Wildman–Crippen MR) is 109 cm³/mol. The SMILES string of the molecule is COc1ccc(C(=O)Nc2cccc(OC(F)F)c2C)cc1S(=O)(=O)NC(C)(C)C. The van der Waals surface area contributed by atoms with Crippen molar-refractivity contribution in [3.8, 4) is 11.5 Å². The molecule has 2 aromatic rings. The molecule has 0 heterocycles. The van der Waals surface area contributed by atoms with Crippen molar-refractivity contribution < 1.29 is 31.5 Å². The van der Waals surface area contributed by atoms with Crippen LogP contribution in [-0.4, -0.2) is 33.6 Å². The summed E-state index contributed by atoms with van der Waals surface area (Å²) in [4.78, 5) is 12.5. The summed E-state index contributed by atoms with van der Waals surface area (Å²) in [6, 6.07) is 8.30. The van der Waals surface area contributed by atoms with E-state index in [-0.39, 0.29) is 27.6 Å². The molecule has 2 aromatic carbocycles. The van der Waals surface area contributed by atoms with E-state index in [1.807, 2.05) is 0 Å². The second-order valence-corrected chi connectivity index (χ2v) is 9.13. The van der Waals surface area contributed by atoms with Gasteiger partial charge in [-0.2, -0.15) is 8.78 Å². The smallest absolute Gasteiger partial charge is 0.387 e. The Morgan fingerprint density at radius 2 is 1.77 bits per heavy atom. The molecule has 0 spiro atoms. The Morgan fingerprint density at radius 1 is 1.10 bits per heavy atom. The molecule has 0 aromatic heterocycles. The summed E-state index contributed by atoms with van der Waals surface area (Å²) in [7, 11) is -2.65. The Bertz CT molecular complexity index is 1030. The van der Waals surface area contributed by atoms with E-state index in [9.17, 15) is 22.0 Å². The van der Waals surface area contributed by atoms with Gasteiger partial charge in [-0.1, -0.05) is 6.07 Å². The molecule has 2 rings (SSSR count). The van der Waals surface area contributed by atoms with E-state index in [0.717, 1.165) is 0 Å². The Hall–Kier alpha value is -2.72. The number of sulfonamides is 1. The molecule has 10 heteroatoms. The zero-order chi connectivity index (χ0) is 22.7. The van der Waals surface area contributed by atoms with E-state index < -0.39 is 28.1 Å². The van der Waals surface area contributed by atoms with Crippen molar-refractivity contribution in [2.75, 3.05) is 12.4 Å². The van der Waals surface area contributed by atoms with Crippen LogP contribution in [0.25, 0.3) is 0 Å². The molecule has 0 saturated carbocycles. The summed E-state index contributed by atoms with van der Waals surface area (Å²) in [5.41, 5.74) is -0.137. The van der Waals surface area contributed by atoms with E-state index >= 15 is 0 Å². The maximum atomic E-state index is 12.8. The highest BCUT2D eigenvalue weighted by Gasteiger charge is 2.26. The quantitative estimate of drug-likeness (QED) is 0.678. The summed E-state index contributed by atoms with van der Waals surface area (Å²) >= 11 is 0. The number of anilines is 1. The number of hydrogen-bond acceptors (Lipinski definition) is 5. The standard InChI is InChI=1S/C20H24F2N2O5S/c1-12-14(7-6-8-15(12)29-19(21)22)23-18(25)13-9-10-16(28-5)17(11-13)30(26,27)24-20(2,3)4/h6-11,19,24H,1-5H3,(H,23,25). The van der Waals surface area contributed by atoms with E-state index in [0.29, 0.717) is 5.56 Å². The molecular formula is C20H24F2N2O5S. The summed E-state index contributed by atoms with van der Waals surface area (Å²) in [6.07, 6.45) is 0. The molecule has 0 bridgehead atoms. The monoisotopic (exact) mass is 442 g/mol. The van der Waals surface area contributed by atoms with E-state index in [1.165, 1.54) is 50.4 Å². The van der Waals surface area contributed by atoms with E-state index in [4.69, 9.17) is 4.74 Å². The summed E-state index contributed by atoms with van der Waals surface area (Å²) in [5.74, 6) is -0.621. The van der Waals surface area contributed by atoms with Gasteiger partial charge in [0.25, 0.3) is 5.91 Å². The summed E-state index contributed by atoms with van der Waals surface area (Å²) in [6.45, 7) is 3.57. The number of carbonyl (C=O) groups excluding carboxylic acids is 1. The highest BCUT2D eigenvalue weighted by atomic mass is 32.2. The van der Waals surface area contributed by atoms with Gasteiger partial charge >= 0.3 is 6.61 Å². The minimum absolute atomic E-state index is 0.0460. The first-order valence-electron chi connectivity index (χ1n) is 8.92. The number of rotatable bonds is 7. The zero-order valence-corrected chi connectivity index (χ0v) is 18.1. The van der Waals surface area contributed by atoms with Crippen LogP contribution in [-0.2, 0) is 10.0 Å². The molecule has 2 N–H and O–H groups in total. The van der Waals surface area contributed by atoms with Crippen LogP contribution in [0, 0.1) is 6.92 Å². The lowest BCUT2D eigenvalue weighted by atomic mass is 10.1. The number of halogens is 2. The molecule has 164 valence electrons. The second kappa shape index (κ2) is 8.97. The van der Waals surface area contributed by atoms with Gasteiger partial charge < -0.3 is 14.8 Å². The number of methoxy groups -OCH3 is 1. The van der Waals surface area contributed by atoms with Crippen LogP contribution in [0.2, 0.25) is 0 Å². The van der Waals surface area contributed by atoms with Gasteiger partial charge in [-0.15, -0.1) is 0 Å². The first kappa shape index (κ1) is 23.6. The molecule has 0 aliphatic rings. The molecule has 0 atom stereocenters. The molecule has 0 saturated heterocycles. The number of ether oxygens (including phenoxy) is 2. The fourth-order valence-electron chi connectivity index (χ4n) is 2.65. The lowest BCUT2D eigenvalue weighted by molar-refractivity contribution is -0.0502. The van der Waals surface area contributed by atoms with Crippen molar-refractivity contribution in [3.63, 3.8) is 0 Å². The van der Waals surface area contributed by atoms with Crippen molar-refractivity contribution in [2.24, 2.45) is 0 Å². The van der Waals surface area contributed by atoms with Gasteiger partial charge in [-0.25, -0.2) is 13.1 Å². The molecule has 7 nitrogen and oxygen atoms in total. The van der Waals surface area contributed by atoms with Crippen LogP contribution in [0.4, 0.5) is 14.5 Å². The minimum atomic E-state index is -3.98. The van der Waals surface area contributed by atoms with Gasteiger partial charge in [0.15, 0.2) is 0 Å². The molecule has 0 fully saturated rings. The van der Waals surface area contributed by atoms with Crippen molar-refractivity contribution in [1.82, 2.24) is 4.72 Å². The maximum absolute atomic E-state index is 12.8. The highest BCUT2D eigenvalue weighted by molar-refractivity contribution is 7.89. The van der Waals surface area contributed by atoms with Crippen LogP contribution in [0.1, 0.15) is 36.7 Å². The van der Waals surface area contributed by atoms with Gasteiger partial charge in [0, 0.05) is 22.4 Å². The predicted octanol–water partition coefficient (Wildman–Crippen LogP) is 3.93. The summed E-state index contributed by atoms with van der Waals surface area (Å²) < 4.78 is 62.6. The van der Waals surface area contributed by atoms with Crippen molar-refractivity contribution in [2.45, 2.75) is 44.7 Å². The van der Waals surface area contributed by atoms with Gasteiger partial charge in [-0.3, -0.25) is 4.79 Å². The molecule has 0 aliphatic heterocycles. The second-order valence-electron chi connectivity index (χ2n) is 7.48. The Morgan fingerprint density at radius 3 is 2.33 bits per heavy atom. The largest absolute Gasteiger partial charge is 0.495 e. The number of benzene rings is 2. The molecule has 1 amide bonds. The number of carbonyl (C=O) groups is 1. The molecular weight excluding hydrogens is 418 g/mol. The first-order valence-corrected chi connectivity index (χ1v) is 10.4. The van der Waals surface area contributed by atoms with Crippen LogP contribution >= 0.6 is 0 Å². The topological polar surface area (TPSA) is 93.7 Å². The average molecular weight is 442 g/mol. The first-order chi connectivity index (χ1) is 13.8. The van der Waals surface area contributed by atoms with Crippen molar-refractivity contribution >= 4 is 21.6 Å². The molecule has 0 aliphatic carbocycles. The fourth-order valence-corrected chi connectivity index (χ4v) is 4.27. The molecule has 0 radical (unpaired) electrons. The molecule has 30 heavy (non-hydrogen) atoms. The lowest BCUT2D eigenvalue weighted by Gasteiger charge is -2.21. The fraction of sp³-hybridized carbons (Fsp3) is 0.350. The van der Waals surface area contributed by atoms with E-state index in [1.54, 1.807) is 20.8 Å². The van der Waals surface area contributed by atoms with Crippen LogP contribution in [0.5, 0.6) is 11.5 Å². The number of amides is 1. The Balaban J connectivity index is 2.38. The van der Waals surface area contributed by atoms with Crippen LogP contribution in [0.3, 0.4) is 0 Å². The third kappa shape index (κ3) is 5.90. The van der Waals surface area contributed by atoms with Crippen LogP contribution < -0.4 is 19.5 Å². The zero-order valence-electron chi connectivity index (χ0n) is 17.2. The number of hydrogen-bond donors (Lipinski definition) is 2. The summed E-state index contributed by atoms with van der Waals surface area (Å²) in [5, 5.41) is 2.58. The normalized spacial score (nSPS) is 12.0. The van der Waals surface area contributed by atoms with Gasteiger partial charge in [0.05, 0.1) is 7.11 Å². The van der Waals surface area contributed by atoms with Gasteiger partial charge in [0.2, 0.25) is 10.0 Å². The van der Waals surface area contributed by atoms with Crippen molar-refractivity contribution in [3.05, 3.63) is 47.5 Å². The molecule has 0 unspecified atom stereocenters. The highest BCUT2D eigenvalue weighted by Crippen LogP contribution is 2.29. The van der Waals surface area contributed by atoms with Crippen molar-refractivity contribution in [1.29, 1.82) is 0 Å². The Labute approximate surface area is 174 Å². The van der Waals surface area contributed by atoms with Crippen LogP contribution in [0.15, 0.2) is 41.3 Å².